The average molecular weight is 264 g/mol. The van der Waals surface area contributed by atoms with Gasteiger partial charge in [0, 0.05) is 43.8 Å². The van der Waals surface area contributed by atoms with Gasteiger partial charge in [-0.15, -0.1) is 0 Å². The smallest absolute Gasteiger partial charge is 0.250 e. The number of nitrogens with zero attached hydrogens (tertiary/aromatic N) is 1. The molecule has 1 aromatic heterocycles. The van der Waals surface area contributed by atoms with Crippen molar-refractivity contribution in [1.82, 2.24) is 9.88 Å². The summed E-state index contributed by atoms with van der Waals surface area (Å²) in [5.41, 5.74) is 0.821. The number of carbonyl (C=O) groups is 1. The number of rotatable bonds is 5. The Balaban J connectivity index is 1.78. The number of pyridine rings is 1. The van der Waals surface area contributed by atoms with Crippen molar-refractivity contribution in [1.29, 1.82) is 0 Å². The van der Waals surface area contributed by atoms with Crippen molar-refractivity contribution in [2.75, 3.05) is 19.8 Å². The van der Waals surface area contributed by atoms with Crippen LogP contribution in [0.5, 0.6) is 0 Å². The molecule has 2 heterocycles. The molecule has 1 atom stereocenters. The summed E-state index contributed by atoms with van der Waals surface area (Å²) in [6.45, 7) is 4.49. The van der Waals surface area contributed by atoms with Gasteiger partial charge in [0.2, 0.25) is 5.91 Å². The first kappa shape index (κ1) is 13.8. The highest BCUT2D eigenvalue weighted by Gasteiger charge is 2.16. The van der Waals surface area contributed by atoms with Crippen LogP contribution < -0.4 is 10.9 Å². The molecule has 5 heteroatoms. The Morgan fingerprint density at radius 1 is 1.53 bits per heavy atom. The number of aryl methyl sites for hydroxylation is 1. The Hall–Kier alpha value is -1.62. The predicted molar refractivity (Wildman–Crippen MR) is 72.0 cm³/mol. The van der Waals surface area contributed by atoms with E-state index in [0.717, 1.165) is 25.3 Å². The van der Waals surface area contributed by atoms with E-state index < -0.39 is 0 Å². The molecule has 0 spiro atoms. The monoisotopic (exact) mass is 264 g/mol. The Morgan fingerprint density at radius 3 is 3.05 bits per heavy atom. The molecule has 0 aliphatic carbocycles. The topological polar surface area (TPSA) is 60.3 Å². The third-order valence-corrected chi connectivity index (χ3v) is 3.44. The van der Waals surface area contributed by atoms with Crippen LogP contribution in [-0.4, -0.2) is 30.2 Å². The first-order valence-electron chi connectivity index (χ1n) is 6.67. The summed E-state index contributed by atoms with van der Waals surface area (Å²) < 4.78 is 6.88. The van der Waals surface area contributed by atoms with Gasteiger partial charge in [0.05, 0.1) is 6.61 Å². The Bertz CT molecular complexity index is 490. The van der Waals surface area contributed by atoms with Gasteiger partial charge in [-0.05, 0) is 19.4 Å². The predicted octanol–water partition coefficient (Wildman–Crippen LogP) is 0.700. The van der Waals surface area contributed by atoms with Crippen LogP contribution in [0, 0.1) is 12.8 Å². The first-order valence-corrected chi connectivity index (χ1v) is 6.67. The van der Waals surface area contributed by atoms with Crippen molar-refractivity contribution in [2.45, 2.75) is 26.3 Å². The lowest BCUT2D eigenvalue weighted by Gasteiger charge is -2.11. The van der Waals surface area contributed by atoms with E-state index in [2.05, 4.69) is 5.32 Å². The zero-order valence-electron chi connectivity index (χ0n) is 11.2. The molecule has 19 heavy (non-hydrogen) atoms. The summed E-state index contributed by atoms with van der Waals surface area (Å²) in [4.78, 5) is 23.4. The number of carbonyl (C=O) groups excluding carboxylic acids is 1. The number of aromatic nitrogens is 1. The molecule has 1 fully saturated rings. The quantitative estimate of drug-likeness (QED) is 0.851. The molecule has 2 rings (SSSR count). The van der Waals surface area contributed by atoms with E-state index in [4.69, 9.17) is 4.74 Å². The molecular formula is C14H20N2O3. The van der Waals surface area contributed by atoms with E-state index >= 15 is 0 Å². The molecule has 1 saturated heterocycles. The van der Waals surface area contributed by atoms with E-state index in [1.165, 1.54) is 6.07 Å². The van der Waals surface area contributed by atoms with Gasteiger partial charge in [0.25, 0.3) is 5.56 Å². The summed E-state index contributed by atoms with van der Waals surface area (Å²) >= 11 is 0. The summed E-state index contributed by atoms with van der Waals surface area (Å²) in [5, 5.41) is 2.90. The molecule has 1 unspecified atom stereocenters. The van der Waals surface area contributed by atoms with Crippen LogP contribution in [0.1, 0.15) is 18.5 Å². The third-order valence-electron chi connectivity index (χ3n) is 3.44. The van der Waals surface area contributed by atoms with Gasteiger partial charge in [-0.25, -0.2) is 0 Å². The van der Waals surface area contributed by atoms with E-state index in [0.29, 0.717) is 25.4 Å². The molecule has 0 bridgehead atoms. The normalized spacial score (nSPS) is 18.5. The fourth-order valence-corrected chi connectivity index (χ4v) is 2.21. The second-order valence-corrected chi connectivity index (χ2v) is 4.94. The minimum atomic E-state index is -0.0583. The van der Waals surface area contributed by atoms with Gasteiger partial charge in [-0.3, -0.25) is 9.59 Å². The number of nitrogens with one attached hydrogen (secondary N) is 1. The van der Waals surface area contributed by atoms with E-state index in [1.807, 2.05) is 13.0 Å². The lowest BCUT2D eigenvalue weighted by Crippen LogP contribution is -2.31. The Kier molecular flexibility index (Phi) is 4.74. The molecular weight excluding hydrogens is 244 g/mol. The zero-order valence-corrected chi connectivity index (χ0v) is 11.2. The molecule has 0 radical (unpaired) electrons. The van der Waals surface area contributed by atoms with Gasteiger partial charge >= 0.3 is 0 Å². The second-order valence-electron chi connectivity index (χ2n) is 4.94. The van der Waals surface area contributed by atoms with E-state index in [9.17, 15) is 9.59 Å². The van der Waals surface area contributed by atoms with Crippen LogP contribution in [0.4, 0.5) is 0 Å². The van der Waals surface area contributed by atoms with E-state index in [1.54, 1.807) is 10.6 Å². The highest BCUT2D eigenvalue weighted by Crippen LogP contribution is 2.10. The van der Waals surface area contributed by atoms with Gasteiger partial charge in [0.15, 0.2) is 0 Å². The minimum Gasteiger partial charge on any atom is -0.381 e. The summed E-state index contributed by atoms with van der Waals surface area (Å²) in [6.07, 6.45) is 1.34. The standard InChI is InChI=1S/C14H20N2O3/c1-11-3-2-4-14(18)16(11)7-5-13(17)15-9-12-6-8-19-10-12/h2-4,12H,5-10H2,1H3,(H,15,17). The number of amides is 1. The molecule has 104 valence electrons. The van der Waals surface area contributed by atoms with Crippen molar-refractivity contribution in [3.63, 3.8) is 0 Å². The molecule has 1 aliphatic rings. The van der Waals surface area contributed by atoms with Crippen LogP contribution in [0.3, 0.4) is 0 Å². The summed E-state index contributed by atoms with van der Waals surface area (Å²) in [5.74, 6) is 0.423. The molecule has 1 N–H and O–H groups in total. The third kappa shape index (κ3) is 3.92. The fraction of sp³-hybridized carbons (Fsp3) is 0.571. The largest absolute Gasteiger partial charge is 0.381 e. The highest BCUT2D eigenvalue weighted by molar-refractivity contribution is 5.75. The van der Waals surface area contributed by atoms with Crippen LogP contribution in [0.25, 0.3) is 0 Å². The molecule has 0 aromatic carbocycles. The Morgan fingerprint density at radius 2 is 2.37 bits per heavy atom. The van der Waals surface area contributed by atoms with Crippen molar-refractivity contribution < 1.29 is 9.53 Å². The van der Waals surface area contributed by atoms with Gasteiger partial charge in [0.1, 0.15) is 0 Å². The zero-order chi connectivity index (χ0) is 13.7. The molecule has 1 amide bonds. The van der Waals surface area contributed by atoms with Gasteiger partial charge in [-0.1, -0.05) is 6.07 Å². The lowest BCUT2D eigenvalue weighted by molar-refractivity contribution is -0.121. The first-order chi connectivity index (χ1) is 9.16. The molecule has 0 saturated carbocycles. The van der Waals surface area contributed by atoms with Gasteiger partial charge in [-0.2, -0.15) is 0 Å². The van der Waals surface area contributed by atoms with Crippen LogP contribution >= 0.6 is 0 Å². The minimum absolute atomic E-state index is 0.0120. The van der Waals surface area contributed by atoms with Crippen LogP contribution in [-0.2, 0) is 16.1 Å². The maximum atomic E-state index is 11.7. The van der Waals surface area contributed by atoms with Crippen molar-refractivity contribution in [2.24, 2.45) is 5.92 Å². The second kappa shape index (κ2) is 6.52. The lowest BCUT2D eigenvalue weighted by atomic mass is 10.1. The summed E-state index contributed by atoms with van der Waals surface area (Å²) in [7, 11) is 0. The number of ether oxygens (including phenoxy) is 1. The Labute approximate surface area is 112 Å². The molecule has 1 aromatic rings. The maximum absolute atomic E-state index is 11.7. The fourth-order valence-electron chi connectivity index (χ4n) is 2.21. The highest BCUT2D eigenvalue weighted by atomic mass is 16.5. The van der Waals surface area contributed by atoms with Crippen molar-refractivity contribution >= 4 is 5.91 Å². The van der Waals surface area contributed by atoms with E-state index in [-0.39, 0.29) is 11.5 Å². The number of hydrogen-bond acceptors (Lipinski definition) is 3. The average Bonchev–Trinajstić information content (AvgIpc) is 2.89. The van der Waals surface area contributed by atoms with Gasteiger partial charge < -0.3 is 14.6 Å². The summed E-state index contributed by atoms with van der Waals surface area (Å²) in [6, 6.07) is 5.12. The maximum Gasteiger partial charge on any atom is 0.250 e. The van der Waals surface area contributed by atoms with Crippen LogP contribution in [0.15, 0.2) is 23.0 Å². The van der Waals surface area contributed by atoms with Crippen molar-refractivity contribution in [3.8, 4) is 0 Å². The molecule has 1 aliphatic heterocycles. The molecule has 5 nitrogen and oxygen atoms in total. The van der Waals surface area contributed by atoms with Crippen molar-refractivity contribution in [3.05, 3.63) is 34.2 Å². The van der Waals surface area contributed by atoms with Crippen LogP contribution in [0.2, 0.25) is 0 Å². The number of hydrogen-bond donors (Lipinski definition) is 1. The SMILES string of the molecule is Cc1cccc(=O)n1CCC(=O)NCC1CCOC1.